The summed E-state index contributed by atoms with van der Waals surface area (Å²) < 4.78 is 0. The second kappa shape index (κ2) is 10.2. The van der Waals surface area contributed by atoms with Gasteiger partial charge < -0.3 is 10.6 Å². The first kappa shape index (κ1) is 20.3. The van der Waals surface area contributed by atoms with Gasteiger partial charge in [-0.3, -0.25) is 9.59 Å². The van der Waals surface area contributed by atoms with Gasteiger partial charge >= 0.3 is 0 Å². The lowest BCUT2D eigenvalue weighted by molar-refractivity contribution is -0.131. The van der Waals surface area contributed by atoms with Gasteiger partial charge in [-0.15, -0.1) is 24.2 Å². The Morgan fingerprint density at radius 3 is 2.57 bits per heavy atom. The summed E-state index contributed by atoms with van der Waals surface area (Å²) in [5.41, 5.74) is 6.36. The molecular weight excluding hydrogens is 355 g/mol. The molecule has 1 aliphatic rings. The van der Waals surface area contributed by atoms with E-state index in [4.69, 9.17) is 17.3 Å². The number of carbonyl (C=O) groups excluding carboxylic acids is 2. The number of ketones is 1. The molecule has 0 radical (unpaired) electrons. The Balaban J connectivity index is 0.00000264. The summed E-state index contributed by atoms with van der Waals surface area (Å²) in [7, 11) is 0. The summed E-state index contributed by atoms with van der Waals surface area (Å²) >= 11 is 7.16. The highest BCUT2D eigenvalue weighted by atomic mass is 35.5. The zero-order valence-electron chi connectivity index (χ0n) is 12.9. The van der Waals surface area contributed by atoms with Gasteiger partial charge in [-0.25, -0.2) is 0 Å². The maximum absolute atomic E-state index is 12.3. The van der Waals surface area contributed by atoms with Crippen LogP contribution in [-0.4, -0.2) is 47.2 Å². The average molecular weight is 377 g/mol. The first-order chi connectivity index (χ1) is 10.6. The fourth-order valence-electron chi connectivity index (χ4n) is 2.61. The predicted octanol–water partition coefficient (Wildman–Crippen LogP) is 3.02. The normalized spacial score (nSPS) is 17.5. The highest BCUT2D eigenvalue weighted by molar-refractivity contribution is 8.00. The molecule has 1 aromatic rings. The van der Waals surface area contributed by atoms with Crippen molar-refractivity contribution >= 4 is 47.5 Å². The van der Waals surface area contributed by atoms with Crippen LogP contribution >= 0.6 is 35.8 Å². The zero-order valence-corrected chi connectivity index (χ0v) is 15.3. The minimum atomic E-state index is 0. The van der Waals surface area contributed by atoms with Crippen molar-refractivity contribution in [2.24, 2.45) is 5.73 Å². The molecule has 0 aromatic heterocycles. The zero-order chi connectivity index (χ0) is 15.9. The van der Waals surface area contributed by atoms with E-state index in [1.54, 1.807) is 24.3 Å². The molecule has 2 rings (SSSR count). The third kappa shape index (κ3) is 5.99. The molecular formula is C16H22Cl2N2O2S. The van der Waals surface area contributed by atoms with E-state index < -0.39 is 0 Å². The van der Waals surface area contributed by atoms with Crippen LogP contribution in [0.15, 0.2) is 24.3 Å². The number of halogens is 2. The first-order valence-corrected chi connectivity index (χ1v) is 9.01. The molecule has 1 aromatic carbocycles. The minimum Gasteiger partial charge on any atom is -0.338 e. The van der Waals surface area contributed by atoms with Crippen molar-refractivity contribution in [2.45, 2.75) is 25.3 Å². The van der Waals surface area contributed by atoms with E-state index in [0.717, 1.165) is 25.8 Å². The fourth-order valence-corrected chi connectivity index (χ4v) is 3.53. The summed E-state index contributed by atoms with van der Waals surface area (Å²) in [5, 5.41) is 0.609. The van der Waals surface area contributed by atoms with E-state index in [0.29, 0.717) is 28.6 Å². The van der Waals surface area contributed by atoms with Crippen LogP contribution in [0, 0.1) is 0 Å². The molecule has 1 fully saturated rings. The van der Waals surface area contributed by atoms with Gasteiger partial charge in [0.15, 0.2) is 5.78 Å². The van der Waals surface area contributed by atoms with Crippen LogP contribution in [0.2, 0.25) is 5.02 Å². The van der Waals surface area contributed by atoms with Crippen LogP contribution in [0.4, 0.5) is 0 Å². The molecule has 7 heteroatoms. The number of hydrogen-bond acceptors (Lipinski definition) is 4. The van der Waals surface area contributed by atoms with Gasteiger partial charge in [0, 0.05) is 29.7 Å². The molecule has 0 aliphatic carbocycles. The monoisotopic (exact) mass is 376 g/mol. The van der Waals surface area contributed by atoms with Crippen molar-refractivity contribution < 1.29 is 9.59 Å². The lowest BCUT2D eigenvalue weighted by atomic mass is 10.0. The number of carbonyl (C=O) groups is 2. The molecule has 0 bridgehead atoms. The van der Waals surface area contributed by atoms with Crippen LogP contribution in [0.1, 0.15) is 29.6 Å². The number of Topliss-reactive ketones (excluding diaryl/α,β-unsaturated/α-hetero) is 1. The summed E-state index contributed by atoms with van der Waals surface area (Å²) in [6.07, 6.45) is 3.15. The van der Waals surface area contributed by atoms with Gasteiger partial charge in [0.25, 0.3) is 0 Å². The number of likely N-dealkylation sites (tertiary alicyclic amines) is 1. The Bertz CT molecular complexity index is 525. The largest absolute Gasteiger partial charge is 0.338 e. The molecule has 1 amide bonds. The Morgan fingerprint density at radius 2 is 1.91 bits per heavy atom. The second-order valence-electron chi connectivity index (χ2n) is 5.40. The second-order valence-corrected chi connectivity index (χ2v) is 6.82. The van der Waals surface area contributed by atoms with E-state index in [1.807, 2.05) is 4.90 Å². The third-order valence-corrected chi connectivity index (χ3v) is 5.01. The van der Waals surface area contributed by atoms with Crippen LogP contribution in [0.25, 0.3) is 0 Å². The van der Waals surface area contributed by atoms with Crippen molar-refractivity contribution in [1.82, 2.24) is 4.90 Å². The number of piperidine rings is 1. The fraction of sp³-hybridized carbons (Fsp3) is 0.500. The van der Waals surface area contributed by atoms with Crippen LogP contribution in [0.3, 0.4) is 0 Å². The number of hydrogen-bond donors (Lipinski definition) is 1. The predicted molar refractivity (Wildman–Crippen MR) is 98.8 cm³/mol. The Hall–Kier alpha value is -0.750. The van der Waals surface area contributed by atoms with E-state index in [9.17, 15) is 9.59 Å². The summed E-state index contributed by atoms with van der Waals surface area (Å²) in [6.45, 7) is 1.30. The maximum Gasteiger partial charge on any atom is 0.232 e. The van der Waals surface area contributed by atoms with Crippen molar-refractivity contribution in [3.63, 3.8) is 0 Å². The smallest absolute Gasteiger partial charge is 0.232 e. The van der Waals surface area contributed by atoms with Crippen LogP contribution in [-0.2, 0) is 4.79 Å². The van der Waals surface area contributed by atoms with Gasteiger partial charge in [0.05, 0.1) is 11.5 Å². The van der Waals surface area contributed by atoms with Gasteiger partial charge in [-0.2, -0.15) is 0 Å². The standard InChI is InChI=1S/C16H21ClN2O2S.ClH/c17-13-6-4-12(5-7-13)15(20)10-22-11-16(21)19-8-2-1-3-14(19)9-18;/h4-7,14H,1-3,8-11,18H2;1H. The highest BCUT2D eigenvalue weighted by Crippen LogP contribution is 2.18. The van der Waals surface area contributed by atoms with Crippen molar-refractivity contribution in [2.75, 3.05) is 24.6 Å². The van der Waals surface area contributed by atoms with Crippen LogP contribution in [0.5, 0.6) is 0 Å². The average Bonchev–Trinajstić information content (AvgIpc) is 2.55. The molecule has 0 saturated carbocycles. The van der Waals surface area contributed by atoms with Crippen LogP contribution < -0.4 is 5.73 Å². The van der Waals surface area contributed by atoms with Gasteiger partial charge in [-0.05, 0) is 43.5 Å². The molecule has 23 heavy (non-hydrogen) atoms. The van der Waals surface area contributed by atoms with E-state index in [2.05, 4.69) is 0 Å². The molecule has 2 N–H and O–H groups in total. The first-order valence-electron chi connectivity index (χ1n) is 7.48. The number of nitrogens with zero attached hydrogens (tertiary/aromatic N) is 1. The van der Waals surface area contributed by atoms with E-state index >= 15 is 0 Å². The Morgan fingerprint density at radius 1 is 1.22 bits per heavy atom. The molecule has 4 nitrogen and oxygen atoms in total. The molecule has 0 spiro atoms. The molecule has 1 saturated heterocycles. The van der Waals surface area contributed by atoms with Gasteiger partial charge in [-0.1, -0.05) is 11.6 Å². The quantitative estimate of drug-likeness (QED) is 0.774. The van der Waals surface area contributed by atoms with Crippen molar-refractivity contribution in [3.8, 4) is 0 Å². The van der Waals surface area contributed by atoms with Gasteiger partial charge in [0.2, 0.25) is 5.91 Å². The Labute approximate surface area is 152 Å². The lowest BCUT2D eigenvalue weighted by Gasteiger charge is -2.35. The van der Waals surface area contributed by atoms with Gasteiger partial charge in [0.1, 0.15) is 0 Å². The number of nitrogens with two attached hydrogens (primary N) is 1. The highest BCUT2D eigenvalue weighted by Gasteiger charge is 2.25. The number of rotatable bonds is 6. The number of thioether (sulfide) groups is 1. The SMILES string of the molecule is Cl.NCC1CCCCN1C(=O)CSCC(=O)c1ccc(Cl)cc1. The molecule has 1 unspecified atom stereocenters. The lowest BCUT2D eigenvalue weighted by Crippen LogP contribution is -2.48. The summed E-state index contributed by atoms with van der Waals surface area (Å²) in [5.74, 6) is 0.734. The number of amides is 1. The van der Waals surface area contributed by atoms with E-state index in [-0.39, 0.29) is 30.1 Å². The van der Waals surface area contributed by atoms with Crippen molar-refractivity contribution in [3.05, 3.63) is 34.9 Å². The number of benzene rings is 1. The molecule has 1 heterocycles. The topological polar surface area (TPSA) is 63.4 Å². The maximum atomic E-state index is 12.3. The molecule has 1 aliphatic heterocycles. The Kier molecular flexibility index (Phi) is 8.99. The summed E-state index contributed by atoms with van der Waals surface area (Å²) in [6, 6.07) is 6.98. The van der Waals surface area contributed by atoms with Crippen molar-refractivity contribution in [1.29, 1.82) is 0 Å². The summed E-state index contributed by atoms with van der Waals surface area (Å²) in [4.78, 5) is 26.2. The third-order valence-electron chi connectivity index (χ3n) is 3.84. The van der Waals surface area contributed by atoms with E-state index in [1.165, 1.54) is 11.8 Å². The minimum absolute atomic E-state index is 0. The molecule has 1 atom stereocenters. The molecule has 128 valence electrons.